The molecule has 1 heterocycles. The number of hydrogen-bond donors (Lipinski definition) is 2. The summed E-state index contributed by atoms with van der Waals surface area (Å²) >= 11 is 0. The number of carbonyl (C=O) groups excluding carboxylic acids is 2. The molecule has 6 heteroatoms. The van der Waals surface area contributed by atoms with Crippen LogP contribution in [0.5, 0.6) is 5.75 Å². The number of rotatable bonds is 5. The lowest BCUT2D eigenvalue weighted by Gasteiger charge is -2.12. The molecule has 2 N–H and O–H groups in total. The van der Waals surface area contributed by atoms with Gasteiger partial charge >= 0.3 is 0 Å². The second-order valence-electron chi connectivity index (χ2n) is 6.53. The Labute approximate surface area is 173 Å². The van der Waals surface area contributed by atoms with Crippen LogP contribution in [0.25, 0.3) is 22.0 Å². The van der Waals surface area contributed by atoms with Crippen LogP contribution in [0.15, 0.2) is 91.1 Å². The first-order valence-electron chi connectivity index (χ1n) is 9.42. The Morgan fingerprint density at radius 1 is 0.800 bits per heavy atom. The third-order valence-electron chi connectivity index (χ3n) is 4.52. The molecule has 4 rings (SSSR count). The Balaban J connectivity index is 1.38. The van der Waals surface area contributed by atoms with Gasteiger partial charge in [-0.3, -0.25) is 25.4 Å². The SMILES string of the molecule is O=C(COc1ccccc1-c1ccccc1)NNC(=O)c1cccc2cccnc12. The molecule has 0 saturated heterocycles. The molecule has 6 nitrogen and oxygen atoms in total. The molecule has 148 valence electrons. The van der Waals surface area contributed by atoms with Crippen LogP contribution in [-0.2, 0) is 4.79 Å². The van der Waals surface area contributed by atoms with E-state index < -0.39 is 11.8 Å². The quantitative estimate of drug-likeness (QED) is 0.503. The van der Waals surface area contributed by atoms with Gasteiger partial charge in [0.1, 0.15) is 5.75 Å². The van der Waals surface area contributed by atoms with Gasteiger partial charge in [0.05, 0.1) is 11.1 Å². The van der Waals surface area contributed by atoms with Gasteiger partial charge in [0.2, 0.25) is 0 Å². The highest BCUT2D eigenvalue weighted by Crippen LogP contribution is 2.29. The van der Waals surface area contributed by atoms with Crippen LogP contribution in [0, 0.1) is 0 Å². The van der Waals surface area contributed by atoms with Crippen molar-refractivity contribution in [2.45, 2.75) is 0 Å². The molecule has 0 radical (unpaired) electrons. The van der Waals surface area contributed by atoms with E-state index in [4.69, 9.17) is 4.74 Å². The number of para-hydroxylation sites is 2. The highest BCUT2D eigenvalue weighted by molar-refractivity contribution is 6.05. The number of fused-ring (bicyclic) bond motifs is 1. The van der Waals surface area contributed by atoms with E-state index in [-0.39, 0.29) is 6.61 Å². The number of amides is 2. The second kappa shape index (κ2) is 8.87. The average Bonchev–Trinajstić information content (AvgIpc) is 2.81. The van der Waals surface area contributed by atoms with E-state index >= 15 is 0 Å². The highest BCUT2D eigenvalue weighted by atomic mass is 16.5. The zero-order valence-electron chi connectivity index (χ0n) is 16.0. The van der Waals surface area contributed by atoms with E-state index in [0.717, 1.165) is 16.5 Å². The van der Waals surface area contributed by atoms with Crippen LogP contribution in [0.3, 0.4) is 0 Å². The first kappa shape index (κ1) is 19.1. The summed E-state index contributed by atoms with van der Waals surface area (Å²) in [6.45, 7) is -0.238. The zero-order valence-corrected chi connectivity index (χ0v) is 16.0. The molecule has 4 aromatic rings. The Morgan fingerprint density at radius 2 is 1.57 bits per heavy atom. The van der Waals surface area contributed by atoms with E-state index in [1.165, 1.54) is 0 Å². The van der Waals surface area contributed by atoms with Crippen molar-refractivity contribution in [3.8, 4) is 16.9 Å². The Bertz CT molecular complexity index is 1190. The Kier molecular flexibility index (Phi) is 5.66. The fraction of sp³-hybridized carbons (Fsp3) is 0.0417. The normalized spacial score (nSPS) is 10.4. The summed E-state index contributed by atoms with van der Waals surface area (Å²) in [5.41, 5.74) is 7.62. The van der Waals surface area contributed by atoms with Crippen molar-refractivity contribution in [3.05, 3.63) is 96.7 Å². The lowest BCUT2D eigenvalue weighted by atomic mass is 10.1. The minimum atomic E-state index is -0.473. The van der Waals surface area contributed by atoms with Crippen LogP contribution < -0.4 is 15.6 Å². The van der Waals surface area contributed by atoms with Crippen LogP contribution in [0.4, 0.5) is 0 Å². The van der Waals surface area contributed by atoms with E-state index in [2.05, 4.69) is 15.8 Å². The van der Waals surface area contributed by atoms with Gasteiger partial charge in [0.25, 0.3) is 11.8 Å². The van der Waals surface area contributed by atoms with E-state index in [9.17, 15) is 9.59 Å². The second-order valence-corrected chi connectivity index (χ2v) is 6.53. The third kappa shape index (κ3) is 4.28. The number of pyridine rings is 1. The molecule has 0 aliphatic rings. The maximum atomic E-state index is 12.5. The molecule has 0 atom stereocenters. The minimum Gasteiger partial charge on any atom is -0.483 e. The molecule has 0 saturated carbocycles. The maximum absolute atomic E-state index is 12.5. The van der Waals surface area contributed by atoms with Gasteiger partial charge in [-0.1, -0.05) is 66.7 Å². The lowest BCUT2D eigenvalue weighted by Crippen LogP contribution is -2.43. The van der Waals surface area contributed by atoms with Gasteiger partial charge in [-0.15, -0.1) is 0 Å². The van der Waals surface area contributed by atoms with Crippen molar-refractivity contribution in [2.75, 3.05) is 6.61 Å². The maximum Gasteiger partial charge on any atom is 0.276 e. The summed E-state index contributed by atoms with van der Waals surface area (Å²) in [7, 11) is 0. The number of aromatic nitrogens is 1. The zero-order chi connectivity index (χ0) is 20.8. The fourth-order valence-electron chi connectivity index (χ4n) is 3.11. The van der Waals surface area contributed by atoms with Crippen molar-refractivity contribution in [1.29, 1.82) is 0 Å². The summed E-state index contributed by atoms with van der Waals surface area (Å²) in [6.07, 6.45) is 1.62. The first-order chi connectivity index (χ1) is 14.7. The molecule has 0 aliphatic heterocycles. The molecule has 0 aliphatic carbocycles. The molecular weight excluding hydrogens is 378 g/mol. The smallest absolute Gasteiger partial charge is 0.276 e. The molecule has 2 amide bonds. The van der Waals surface area contributed by atoms with E-state index in [1.54, 1.807) is 30.5 Å². The number of hydrogen-bond acceptors (Lipinski definition) is 4. The predicted octanol–water partition coefficient (Wildman–Crippen LogP) is 3.74. The van der Waals surface area contributed by atoms with Crippen molar-refractivity contribution in [2.24, 2.45) is 0 Å². The van der Waals surface area contributed by atoms with Crippen LogP contribution in [0.1, 0.15) is 10.4 Å². The number of nitrogens with zero attached hydrogens (tertiary/aromatic N) is 1. The molecular formula is C24H19N3O3. The van der Waals surface area contributed by atoms with Gasteiger partial charge in [-0.25, -0.2) is 0 Å². The van der Waals surface area contributed by atoms with Crippen molar-refractivity contribution < 1.29 is 14.3 Å². The summed E-state index contributed by atoms with van der Waals surface area (Å²) in [6, 6.07) is 26.2. The molecule has 3 aromatic carbocycles. The predicted molar refractivity (Wildman–Crippen MR) is 115 cm³/mol. The van der Waals surface area contributed by atoms with Crippen LogP contribution in [0.2, 0.25) is 0 Å². The van der Waals surface area contributed by atoms with E-state index in [0.29, 0.717) is 16.8 Å². The number of nitrogens with one attached hydrogen (secondary N) is 2. The van der Waals surface area contributed by atoms with Crippen LogP contribution in [-0.4, -0.2) is 23.4 Å². The van der Waals surface area contributed by atoms with Gasteiger partial charge in [0, 0.05) is 17.1 Å². The van der Waals surface area contributed by atoms with E-state index in [1.807, 2.05) is 60.7 Å². The molecule has 0 unspecified atom stereocenters. The monoisotopic (exact) mass is 397 g/mol. The van der Waals surface area contributed by atoms with Gasteiger partial charge in [-0.05, 0) is 23.8 Å². The number of ether oxygens (including phenoxy) is 1. The number of benzene rings is 3. The molecule has 0 spiro atoms. The molecule has 0 bridgehead atoms. The van der Waals surface area contributed by atoms with Gasteiger partial charge in [0.15, 0.2) is 6.61 Å². The van der Waals surface area contributed by atoms with Crippen LogP contribution >= 0.6 is 0 Å². The van der Waals surface area contributed by atoms with Gasteiger partial charge < -0.3 is 4.74 Å². The minimum absolute atomic E-state index is 0.238. The Hall–Kier alpha value is -4.19. The number of hydrazine groups is 1. The fourth-order valence-corrected chi connectivity index (χ4v) is 3.11. The molecule has 1 aromatic heterocycles. The summed E-state index contributed by atoms with van der Waals surface area (Å²) in [4.78, 5) is 28.9. The van der Waals surface area contributed by atoms with Gasteiger partial charge in [-0.2, -0.15) is 0 Å². The topological polar surface area (TPSA) is 80.3 Å². The average molecular weight is 397 g/mol. The Morgan fingerprint density at radius 3 is 2.43 bits per heavy atom. The lowest BCUT2D eigenvalue weighted by molar-refractivity contribution is -0.123. The van der Waals surface area contributed by atoms with Crippen molar-refractivity contribution in [3.63, 3.8) is 0 Å². The summed E-state index contributed by atoms with van der Waals surface area (Å²) < 4.78 is 5.69. The largest absolute Gasteiger partial charge is 0.483 e. The summed E-state index contributed by atoms with van der Waals surface area (Å²) in [5, 5.41) is 0.845. The molecule has 0 fully saturated rings. The van der Waals surface area contributed by atoms with Crippen molar-refractivity contribution >= 4 is 22.7 Å². The highest BCUT2D eigenvalue weighted by Gasteiger charge is 2.13. The molecule has 30 heavy (non-hydrogen) atoms. The van der Waals surface area contributed by atoms with Crippen molar-refractivity contribution in [1.82, 2.24) is 15.8 Å². The standard InChI is InChI=1S/C24H19N3O3/c28-22(16-30-21-14-5-4-12-19(21)17-8-2-1-3-9-17)26-27-24(29)20-13-6-10-18-11-7-15-25-23(18)20/h1-15H,16H2,(H,26,28)(H,27,29). The summed E-state index contributed by atoms with van der Waals surface area (Å²) in [5.74, 6) is -0.333. The third-order valence-corrected chi connectivity index (χ3v) is 4.52. The first-order valence-corrected chi connectivity index (χ1v) is 9.42. The number of carbonyl (C=O) groups is 2.